The lowest BCUT2D eigenvalue weighted by molar-refractivity contribution is 0.101. The van der Waals surface area contributed by atoms with E-state index >= 15 is 0 Å². The van der Waals surface area contributed by atoms with Crippen LogP contribution in [0.4, 0.5) is 5.69 Å². The van der Waals surface area contributed by atoms with Crippen molar-refractivity contribution in [3.8, 4) is 6.07 Å². The summed E-state index contributed by atoms with van der Waals surface area (Å²) in [5, 5.41) is 8.81. The van der Waals surface area contributed by atoms with Gasteiger partial charge in [-0.2, -0.15) is 5.26 Å². The molecule has 0 unspecified atom stereocenters. The van der Waals surface area contributed by atoms with E-state index in [1.165, 1.54) is 0 Å². The van der Waals surface area contributed by atoms with Gasteiger partial charge in [0.2, 0.25) is 0 Å². The van der Waals surface area contributed by atoms with Gasteiger partial charge in [0.15, 0.2) is 5.78 Å². The number of carbonyl (C=O) groups excluding carboxylic acids is 1. The summed E-state index contributed by atoms with van der Waals surface area (Å²) >= 11 is 0. The van der Waals surface area contributed by atoms with Gasteiger partial charge in [-0.1, -0.05) is 30.3 Å². The maximum absolute atomic E-state index is 11.6. The second-order valence-corrected chi connectivity index (χ2v) is 4.42. The molecule has 0 saturated heterocycles. The minimum absolute atomic E-state index is 0.0443. The number of hydrogen-bond donors (Lipinski definition) is 1. The van der Waals surface area contributed by atoms with Crippen LogP contribution in [0.5, 0.6) is 0 Å². The van der Waals surface area contributed by atoms with E-state index in [0.29, 0.717) is 23.2 Å². The van der Waals surface area contributed by atoms with E-state index in [2.05, 4.69) is 6.07 Å². The minimum atomic E-state index is 0.0443. The highest BCUT2D eigenvalue weighted by atomic mass is 16.1. The maximum Gasteiger partial charge on any atom is 0.160 e. The molecule has 2 rings (SSSR count). The van der Waals surface area contributed by atoms with Gasteiger partial charge in [0.05, 0.1) is 11.6 Å². The van der Waals surface area contributed by atoms with E-state index in [9.17, 15) is 4.79 Å². The molecule has 2 N–H and O–H groups in total. The van der Waals surface area contributed by atoms with Gasteiger partial charge in [0.25, 0.3) is 0 Å². The molecular formula is C16H14N2O. The molecule has 0 fully saturated rings. The van der Waals surface area contributed by atoms with Crippen molar-refractivity contribution >= 4 is 11.5 Å². The van der Waals surface area contributed by atoms with Crippen LogP contribution in [-0.4, -0.2) is 5.78 Å². The Morgan fingerprint density at radius 3 is 2.58 bits per heavy atom. The van der Waals surface area contributed by atoms with Crippen molar-refractivity contribution in [2.75, 3.05) is 5.73 Å². The fourth-order valence-corrected chi connectivity index (χ4v) is 2.05. The second-order valence-electron chi connectivity index (χ2n) is 4.42. The summed E-state index contributed by atoms with van der Waals surface area (Å²) in [6.07, 6.45) is 0.591. The van der Waals surface area contributed by atoms with Gasteiger partial charge in [-0.25, -0.2) is 0 Å². The first-order valence-corrected chi connectivity index (χ1v) is 5.99. The normalized spacial score (nSPS) is 9.89. The molecule has 0 aliphatic heterocycles. The average molecular weight is 250 g/mol. The molecule has 0 aromatic heterocycles. The Hall–Kier alpha value is -2.60. The summed E-state index contributed by atoms with van der Waals surface area (Å²) in [5.74, 6) is 0.0443. The summed E-state index contributed by atoms with van der Waals surface area (Å²) in [7, 11) is 0. The summed E-state index contributed by atoms with van der Waals surface area (Å²) < 4.78 is 0. The predicted octanol–water partition coefficient (Wildman–Crippen LogP) is 2.93. The maximum atomic E-state index is 11.6. The molecule has 3 nitrogen and oxygen atoms in total. The number of hydrogen-bond acceptors (Lipinski definition) is 3. The molecule has 0 amide bonds. The first kappa shape index (κ1) is 12.8. The number of anilines is 1. The standard InChI is InChI=1S/C16H14N2O/c1-11(19)15-5-3-2-4-13(15)9-14-7-6-12(10-17)8-16(14)18/h2-8H,9,18H2,1H3. The lowest BCUT2D eigenvalue weighted by Gasteiger charge is -2.09. The van der Waals surface area contributed by atoms with Crippen LogP contribution in [0, 0.1) is 11.3 Å². The molecule has 19 heavy (non-hydrogen) atoms. The summed E-state index contributed by atoms with van der Waals surface area (Å²) in [4.78, 5) is 11.6. The summed E-state index contributed by atoms with van der Waals surface area (Å²) in [6, 6.07) is 14.8. The van der Waals surface area contributed by atoms with E-state index in [1.807, 2.05) is 30.3 Å². The Kier molecular flexibility index (Phi) is 3.63. The Morgan fingerprint density at radius 2 is 1.95 bits per heavy atom. The van der Waals surface area contributed by atoms with Crippen molar-refractivity contribution in [1.82, 2.24) is 0 Å². The highest BCUT2D eigenvalue weighted by Crippen LogP contribution is 2.20. The van der Waals surface area contributed by atoms with Crippen LogP contribution < -0.4 is 5.73 Å². The van der Waals surface area contributed by atoms with E-state index in [-0.39, 0.29) is 5.78 Å². The molecule has 0 radical (unpaired) electrons. The SMILES string of the molecule is CC(=O)c1ccccc1Cc1ccc(C#N)cc1N. The summed E-state index contributed by atoms with van der Waals surface area (Å²) in [6.45, 7) is 1.56. The summed E-state index contributed by atoms with van der Waals surface area (Å²) in [5.41, 5.74) is 9.65. The van der Waals surface area contributed by atoms with Gasteiger partial charge in [-0.15, -0.1) is 0 Å². The number of ketones is 1. The fourth-order valence-electron chi connectivity index (χ4n) is 2.05. The molecule has 2 aromatic carbocycles. The number of carbonyl (C=O) groups is 1. The van der Waals surface area contributed by atoms with E-state index in [4.69, 9.17) is 11.0 Å². The molecule has 2 aromatic rings. The first-order chi connectivity index (χ1) is 9.11. The average Bonchev–Trinajstić information content (AvgIpc) is 2.41. The first-order valence-electron chi connectivity index (χ1n) is 5.99. The quantitative estimate of drug-likeness (QED) is 0.672. The minimum Gasteiger partial charge on any atom is -0.398 e. The van der Waals surface area contributed by atoms with Crippen LogP contribution in [0.1, 0.15) is 34.0 Å². The Morgan fingerprint density at radius 1 is 1.21 bits per heavy atom. The Balaban J connectivity index is 2.37. The van der Waals surface area contributed by atoms with Crippen molar-refractivity contribution in [3.05, 3.63) is 64.7 Å². The van der Waals surface area contributed by atoms with Crippen molar-refractivity contribution in [3.63, 3.8) is 0 Å². The zero-order valence-corrected chi connectivity index (χ0v) is 10.7. The molecule has 0 atom stereocenters. The third kappa shape index (κ3) is 2.80. The van der Waals surface area contributed by atoms with Gasteiger partial charge in [-0.05, 0) is 30.2 Å². The fraction of sp³-hybridized carbons (Fsp3) is 0.125. The molecule has 0 heterocycles. The molecule has 0 spiro atoms. The topological polar surface area (TPSA) is 66.9 Å². The number of benzene rings is 2. The number of rotatable bonds is 3. The van der Waals surface area contributed by atoms with Crippen molar-refractivity contribution in [2.45, 2.75) is 13.3 Å². The molecule has 0 bridgehead atoms. The third-order valence-electron chi connectivity index (χ3n) is 3.05. The zero-order valence-electron chi connectivity index (χ0n) is 10.7. The van der Waals surface area contributed by atoms with E-state index in [0.717, 1.165) is 11.1 Å². The molecular weight excluding hydrogens is 236 g/mol. The van der Waals surface area contributed by atoms with Gasteiger partial charge < -0.3 is 5.73 Å². The van der Waals surface area contributed by atoms with E-state index < -0.39 is 0 Å². The van der Waals surface area contributed by atoms with Crippen LogP contribution in [0.15, 0.2) is 42.5 Å². The Labute approximate surface area is 112 Å². The molecule has 0 saturated carbocycles. The van der Waals surface area contributed by atoms with Crippen LogP contribution in [0.3, 0.4) is 0 Å². The molecule has 0 aliphatic rings. The molecule has 0 aliphatic carbocycles. The monoisotopic (exact) mass is 250 g/mol. The number of Topliss-reactive ketones (excluding diaryl/α,β-unsaturated/α-hetero) is 1. The third-order valence-corrected chi connectivity index (χ3v) is 3.05. The van der Waals surface area contributed by atoms with Crippen LogP contribution in [-0.2, 0) is 6.42 Å². The highest BCUT2D eigenvalue weighted by Gasteiger charge is 2.09. The number of nitrogens with zero attached hydrogens (tertiary/aromatic N) is 1. The predicted molar refractivity (Wildman–Crippen MR) is 74.8 cm³/mol. The smallest absolute Gasteiger partial charge is 0.160 e. The number of nitrogens with two attached hydrogens (primary N) is 1. The molecule has 94 valence electrons. The van der Waals surface area contributed by atoms with Crippen molar-refractivity contribution in [1.29, 1.82) is 5.26 Å². The van der Waals surface area contributed by atoms with Gasteiger partial charge in [0.1, 0.15) is 0 Å². The number of nitriles is 1. The van der Waals surface area contributed by atoms with Crippen LogP contribution >= 0.6 is 0 Å². The second kappa shape index (κ2) is 5.36. The number of nitrogen functional groups attached to an aromatic ring is 1. The van der Waals surface area contributed by atoms with Gasteiger partial charge in [-0.3, -0.25) is 4.79 Å². The molecule has 3 heteroatoms. The van der Waals surface area contributed by atoms with Gasteiger partial charge >= 0.3 is 0 Å². The zero-order chi connectivity index (χ0) is 13.8. The lowest BCUT2D eigenvalue weighted by atomic mass is 9.96. The Bertz CT molecular complexity index is 669. The van der Waals surface area contributed by atoms with Crippen molar-refractivity contribution < 1.29 is 4.79 Å². The lowest BCUT2D eigenvalue weighted by Crippen LogP contribution is -2.02. The van der Waals surface area contributed by atoms with Gasteiger partial charge in [0, 0.05) is 17.7 Å². The largest absolute Gasteiger partial charge is 0.398 e. The van der Waals surface area contributed by atoms with Crippen molar-refractivity contribution in [2.24, 2.45) is 0 Å². The van der Waals surface area contributed by atoms with Crippen LogP contribution in [0.25, 0.3) is 0 Å². The highest BCUT2D eigenvalue weighted by molar-refractivity contribution is 5.95. The van der Waals surface area contributed by atoms with Crippen LogP contribution in [0.2, 0.25) is 0 Å². The van der Waals surface area contributed by atoms with E-state index in [1.54, 1.807) is 19.1 Å².